The molecule has 0 radical (unpaired) electrons. The lowest BCUT2D eigenvalue weighted by molar-refractivity contribution is -0.148. The molecule has 54 valence electrons. The Balaban J connectivity index is 2.83. The monoisotopic (exact) mass is 132 g/mol. The first kappa shape index (κ1) is 8.39. The number of carbonyl (C=O) groups excluding carboxylic acids is 1. The van der Waals surface area contributed by atoms with Gasteiger partial charge in [-0.1, -0.05) is 0 Å². The molecular weight excluding hydrogens is 120 g/mol. The third kappa shape index (κ3) is 7.39. The van der Waals surface area contributed by atoms with Gasteiger partial charge in [-0.15, -0.1) is 0 Å². The molecule has 0 fully saturated rings. The summed E-state index contributed by atoms with van der Waals surface area (Å²) >= 11 is 0. The van der Waals surface area contributed by atoms with E-state index in [0.29, 0.717) is 13.1 Å². The molecule has 0 aromatic heterocycles. The molecule has 0 aromatic rings. The molecule has 0 heterocycles. The van der Waals surface area contributed by atoms with Gasteiger partial charge in [0.15, 0.2) is 0 Å². The van der Waals surface area contributed by atoms with E-state index in [0.717, 1.165) is 6.42 Å². The van der Waals surface area contributed by atoms with Crippen molar-refractivity contribution in [2.45, 2.75) is 13.3 Å². The van der Waals surface area contributed by atoms with Crippen LogP contribution in [-0.4, -0.2) is 19.1 Å². The van der Waals surface area contributed by atoms with Gasteiger partial charge < -0.3 is 10.6 Å². The fraction of sp³-hybridized carbons (Fsp3) is 0.800. The molecule has 0 spiro atoms. The number of carbonyl (C=O) groups is 1. The summed E-state index contributed by atoms with van der Waals surface area (Å²) in [6.07, 6.45) is 0.813. The van der Waals surface area contributed by atoms with E-state index in [1.807, 2.05) is 0 Å². The Morgan fingerprint density at radius 2 is 2.44 bits per heavy atom. The first-order chi connectivity index (χ1) is 4.27. The number of hydroxylamine groups is 1. The third-order valence-electron chi connectivity index (χ3n) is 0.699. The molecule has 0 saturated heterocycles. The van der Waals surface area contributed by atoms with Gasteiger partial charge in [0.05, 0.1) is 0 Å². The van der Waals surface area contributed by atoms with Crippen LogP contribution >= 0.6 is 0 Å². The Morgan fingerprint density at radius 3 is 2.89 bits per heavy atom. The van der Waals surface area contributed by atoms with E-state index in [1.165, 1.54) is 6.92 Å². The predicted octanol–water partition coefficient (Wildman–Crippen LogP) is -0.597. The first-order valence-corrected chi connectivity index (χ1v) is 2.87. The number of nitrogens with two attached hydrogens (primary N) is 1. The number of rotatable bonds is 4. The Kier molecular flexibility index (Phi) is 5.15. The van der Waals surface area contributed by atoms with Crippen molar-refractivity contribution in [3.05, 3.63) is 0 Å². The van der Waals surface area contributed by atoms with Gasteiger partial charge in [-0.25, -0.2) is 0 Å². The van der Waals surface area contributed by atoms with Crippen LogP contribution in [-0.2, 0) is 9.63 Å². The molecule has 0 aromatic carbocycles. The standard InChI is InChI=1S/C5H12N2O2/c1-5(8)9-7-4-2-3-6/h7H,2-4,6H2,1H3. The van der Waals surface area contributed by atoms with E-state index in [-0.39, 0.29) is 5.97 Å². The van der Waals surface area contributed by atoms with Crippen LogP contribution in [0, 0.1) is 0 Å². The minimum Gasteiger partial charge on any atom is -0.371 e. The molecule has 4 heteroatoms. The quantitative estimate of drug-likeness (QED) is 0.396. The van der Waals surface area contributed by atoms with Crippen molar-refractivity contribution >= 4 is 5.97 Å². The number of nitrogens with one attached hydrogen (secondary N) is 1. The lowest BCUT2D eigenvalue weighted by Gasteiger charge is -1.99. The minimum absolute atomic E-state index is 0.327. The second-order valence-electron chi connectivity index (χ2n) is 1.63. The van der Waals surface area contributed by atoms with E-state index in [1.54, 1.807) is 0 Å². The van der Waals surface area contributed by atoms with Gasteiger partial charge in [-0.3, -0.25) is 4.79 Å². The fourth-order valence-corrected chi connectivity index (χ4v) is 0.327. The zero-order valence-electron chi connectivity index (χ0n) is 5.52. The molecule has 0 atom stereocenters. The molecule has 0 aliphatic carbocycles. The van der Waals surface area contributed by atoms with Crippen LogP contribution in [0.25, 0.3) is 0 Å². The van der Waals surface area contributed by atoms with Crippen LogP contribution in [0.2, 0.25) is 0 Å². The minimum atomic E-state index is -0.327. The highest BCUT2D eigenvalue weighted by molar-refractivity contribution is 5.65. The van der Waals surface area contributed by atoms with Gasteiger partial charge in [0.2, 0.25) is 0 Å². The zero-order valence-corrected chi connectivity index (χ0v) is 5.52. The summed E-state index contributed by atoms with van der Waals surface area (Å²) in [5, 5.41) is 0. The molecule has 0 saturated carbocycles. The summed E-state index contributed by atoms with van der Waals surface area (Å²) in [5.41, 5.74) is 7.62. The van der Waals surface area contributed by atoms with Crippen molar-refractivity contribution in [2.24, 2.45) is 5.73 Å². The Hall–Kier alpha value is -0.610. The summed E-state index contributed by atoms with van der Waals surface area (Å²) in [6.45, 7) is 2.57. The highest BCUT2D eigenvalue weighted by Crippen LogP contribution is 1.71. The maximum absolute atomic E-state index is 10.1. The lowest BCUT2D eigenvalue weighted by atomic mass is 10.4. The lowest BCUT2D eigenvalue weighted by Crippen LogP contribution is -2.21. The fourth-order valence-electron chi connectivity index (χ4n) is 0.327. The molecule has 3 N–H and O–H groups in total. The highest BCUT2D eigenvalue weighted by Gasteiger charge is 1.88. The van der Waals surface area contributed by atoms with Crippen molar-refractivity contribution in [3.8, 4) is 0 Å². The van der Waals surface area contributed by atoms with E-state index < -0.39 is 0 Å². The number of hydrogen-bond donors (Lipinski definition) is 2. The first-order valence-electron chi connectivity index (χ1n) is 2.87. The second kappa shape index (κ2) is 5.53. The Labute approximate surface area is 54.3 Å². The van der Waals surface area contributed by atoms with Crippen LogP contribution in [0.3, 0.4) is 0 Å². The van der Waals surface area contributed by atoms with Crippen LogP contribution in [0.1, 0.15) is 13.3 Å². The van der Waals surface area contributed by atoms with Crippen molar-refractivity contribution in [1.82, 2.24) is 5.48 Å². The smallest absolute Gasteiger partial charge is 0.321 e. The summed E-state index contributed by atoms with van der Waals surface area (Å²) in [4.78, 5) is 14.5. The average molecular weight is 132 g/mol. The molecule has 0 amide bonds. The molecule has 0 unspecified atom stereocenters. The summed E-state index contributed by atoms with van der Waals surface area (Å²) in [5.74, 6) is -0.327. The van der Waals surface area contributed by atoms with Crippen molar-refractivity contribution in [1.29, 1.82) is 0 Å². The van der Waals surface area contributed by atoms with E-state index in [9.17, 15) is 4.79 Å². The number of hydrogen-bond acceptors (Lipinski definition) is 4. The van der Waals surface area contributed by atoms with E-state index in [2.05, 4.69) is 10.3 Å². The molecular formula is C5H12N2O2. The van der Waals surface area contributed by atoms with Gasteiger partial charge in [0.25, 0.3) is 0 Å². The maximum atomic E-state index is 10.1. The van der Waals surface area contributed by atoms with Crippen LogP contribution < -0.4 is 11.2 Å². The molecule has 0 aliphatic heterocycles. The molecule has 9 heavy (non-hydrogen) atoms. The normalized spacial score (nSPS) is 9.11. The van der Waals surface area contributed by atoms with Gasteiger partial charge in [0.1, 0.15) is 0 Å². The van der Waals surface area contributed by atoms with Crippen molar-refractivity contribution < 1.29 is 9.63 Å². The largest absolute Gasteiger partial charge is 0.371 e. The Bertz CT molecular complexity index is 85.0. The average Bonchev–Trinajstić information content (AvgIpc) is 1.80. The van der Waals surface area contributed by atoms with Gasteiger partial charge in [0, 0.05) is 13.5 Å². The summed E-state index contributed by atoms with van der Waals surface area (Å²) in [7, 11) is 0. The predicted molar refractivity (Wildman–Crippen MR) is 33.4 cm³/mol. The SMILES string of the molecule is CC(=O)ONCCCN. The molecule has 0 rings (SSSR count). The van der Waals surface area contributed by atoms with E-state index in [4.69, 9.17) is 5.73 Å². The second-order valence-corrected chi connectivity index (χ2v) is 1.63. The van der Waals surface area contributed by atoms with E-state index >= 15 is 0 Å². The van der Waals surface area contributed by atoms with Crippen molar-refractivity contribution in [3.63, 3.8) is 0 Å². The Morgan fingerprint density at radius 1 is 1.78 bits per heavy atom. The molecule has 0 bridgehead atoms. The van der Waals surface area contributed by atoms with Gasteiger partial charge in [-0.2, -0.15) is 5.48 Å². The van der Waals surface area contributed by atoms with Crippen molar-refractivity contribution in [2.75, 3.05) is 13.1 Å². The molecule has 4 nitrogen and oxygen atoms in total. The summed E-state index contributed by atoms with van der Waals surface area (Å²) in [6, 6.07) is 0. The highest BCUT2D eigenvalue weighted by atomic mass is 16.7. The van der Waals surface area contributed by atoms with Crippen LogP contribution in [0.4, 0.5) is 0 Å². The zero-order chi connectivity index (χ0) is 7.11. The van der Waals surface area contributed by atoms with Crippen LogP contribution in [0.5, 0.6) is 0 Å². The van der Waals surface area contributed by atoms with Gasteiger partial charge in [-0.05, 0) is 13.0 Å². The third-order valence-corrected chi connectivity index (χ3v) is 0.699. The summed E-state index contributed by atoms with van der Waals surface area (Å²) < 4.78 is 0. The maximum Gasteiger partial charge on any atom is 0.321 e. The topological polar surface area (TPSA) is 64.3 Å². The van der Waals surface area contributed by atoms with Crippen LogP contribution in [0.15, 0.2) is 0 Å². The van der Waals surface area contributed by atoms with Gasteiger partial charge >= 0.3 is 5.97 Å². The molecule has 0 aliphatic rings.